The van der Waals surface area contributed by atoms with E-state index in [1.165, 1.54) is 24.3 Å². The lowest BCUT2D eigenvalue weighted by Gasteiger charge is -2.21. The van der Waals surface area contributed by atoms with Crippen molar-refractivity contribution in [3.8, 4) is 11.8 Å². The van der Waals surface area contributed by atoms with Crippen LogP contribution in [0.15, 0.2) is 18.2 Å². The molecule has 0 atom stereocenters. The smallest absolute Gasteiger partial charge is 0.251 e. The minimum atomic E-state index is -0.171. The molecule has 0 aliphatic carbocycles. The quantitative estimate of drug-likeness (QED) is 0.842. The van der Waals surface area contributed by atoms with Gasteiger partial charge in [-0.2, -0.15) is 11.8 Å². The number of carbonyl (C=O) groups excluding carboxylic acids is 1. The van der Waals surface area contributed by atoms with Gasteiger partial charge in [0.2, 0.25) is 0 Å². The fourth-order valence-corrected chi connectivity index (χ4v) is 3.62. The van der Waals surface area contributed by atoms with Crippen LogP contribution in [0.25, 0.3) is 0 Å². The Morgan fingerprint density at radius 2 is 2.14 bits per heavy atom. The molecule has 0 radical (unpaired) electrons. The van der Waals surface area contributed by atoms with Crippen LogP contribution in [0.3, 0.4) is 0 Å². The first kappa shape index (κ1) is 15.9. The third-order valence-electron chi connectivity index (χ3n) is 3.54. The summed E-state index contributed by atoms with van der Waals surface area (Å²) in [6.07, 6.45) is 2.37. The van der Waals surface area contributed by atoms with E-state index in [-0.39, 0.29) is 12.5 Å². The highest BCUT2D eigenvalue weighted by Crippen LogP contribution is 2.22. The Kier molecular flexibility index (Phi) is 6.16. The van der Waals surface area contributed by atoms with E-state index in [0.29, 0.717) is 11.5 Å². The van der Waals surface area contributed by atoms with Crippen molar-refractivity contribution in [3.05, 3.63) is 34.9 Å². The number of aliphatic hydroxyl groups excluding tert-OH is 1. The second kappa shape index (κ2) is 8.11. The minimum absolute atomic E-state index is 0.0380. The molecule has 0 unspecified atom stereocenters. The molecule has 0 aromatic heterocycles. The van der Waals surface area contributed by atoms with Crippen LogP contribution in [0.1, 0.15) is 34.3 Å². The lowest BCUT2D eigenvalue weighted by atomic mass is 10.0. The number of aliphatic hydroxyl groups is 1. The van der Waals surface area contributed by atoms with Crippen LogP contribution in [-0.2, 0) is 0 Å². The number of nitrogens with one attached hydrogen (secondary N) is 1. The maximum atomic E-state index is 12.3. The third-order valence-corrected chi connectivity index (χ3v) is 4.59. The highest BCUT2D eigenvalue weighted by Gasteiger charge is 2.15. The van der Waals surface area contributed by atoms with Crippen LogP contribution in [0, 0.1) is 24.7 Å². The van der Waals surface area contributed by atoms with Gasteiger partial charge in [-0.15, -0.1) is 0 Å². The number of hydrogen-bond donors (Lipinski definition) is 2. The zero-order chi connectivity index (χ0) is 15.1. The lowest BCUT2D eigenvalue weighted by Crippen LogP contribution is -2.31. The number of hydrogen-bond acceptors (Lipinski definition) is 3. The first-order valence-corrected chi connectivity index (χ1v) is 8.42. The fraction of sp³-hybridized carbons (Fsp3) is 0.471. The van der Waals surface area contributed by atoms with Crippen LogP contribution in [-0.4, -0.2) is 35.7 Å². The molecule has 2 N–H and O–H groups in total. The van der Waals surface area contributed by atoms with Gasteiger partial charge in [0.05, 0.1) is 0 Å². The van der Waals surface area contributed by atoms with E-state index in [0.717, 1.165) is 17.7 Å². The SMILES string of the molecule is Cc1cc(C#CCO)cc(C(=O)NCC2CCSCC2)c1. The number of benzene rings is 1. The topological polar surface area (TPSA) is 49.3 Å². The molecule has 1 aromatic carbocycles. The summed E-state index contributed by atoms with van der Waals surface area (Å²) in [5, 5.41) is 11.8. The van der Waals surface area contributed by atoms with Crippen LogP contribution >= 0.6 is 11.8 Å². The maximum Gasteiger partial charge on any atom is 0.251 e. The van der Waals surface area contributed by atoms with Crippen molar-refractivity contribution in [2.24, 2.45) is 5.92 Å². The molecular weight excluding hydrogens is 282 g/mol. The molecule has 4 heteroatoms. The summed E-state index contributed by atoms with van der Waals surface area (Å²) in [6.45, 7) is 2.53. The monoisotopic (exact) mass is 303 g/mol. The first-order valence-electron chi connectivity index (χ1n) is 7.26. The van der Waals surface area contributed by atoms with Crippen molar-refractivity contribution >= 4 is 17.7 Å². The van der Waals surface area contributed by atoms with Gasteiger partial charge in [0.15, 0.2) is 0 Å². The summed E-state index contributed by atoms with van der Waals surface area (Å²) in [4.78, 5) is 12.3. The summed E-state index contributed by atoms with van der Waals surface area (Å²) in [7, 11) is 0. The van der Waals surface area contributed by atoms with Gasteiger partial charge in [0.1, 0.15) is 6.61 Å². The van der Waals surface area contributed by atoms with Crippen LogP contribution in [0.2, 0.25) is 0 Å². The summed E-state index contributed by atoms with van der Waals surface area (Å²) in [5.74, 6) is 8.43. The minimum Gasteiger partial charge on any atom is -0.384 e. The standard InChI is InChI=1S/C17H21NO2S/c1-13-9-15(3-2-6-19)11-16(10-13)17(20)18-12-14-4-7-21-8-5-14/h9-11,14,19H,4-8,12H2,1H3,(H,18,20). The van der Waals surface area contributed by atoms with Gasteiger partial charge >= 0.3 is 0 Å². The van der Waals surface area contributed by atoms with Gasteiger partial charge in [0, 0.05) is 17.7 Å². The van der Waals surface area contributed by atoms with Gasteiger partial charge < -0.3 is 10.4 Å². The molecule has 0 saturated carbocycles. The fourth-order valence-electron chi connectivity index (χ4n) is 2.42. The lowest BCUT2D eigenvalue weighted by molar-refractivity contribution is 0.0946. The molecule has 1 aliphatic heterocycles. The molecule has 3 nitrogen and oxygen atoms in total. The van der Waals surface area contributed by atoms with Gasteiger partial charge in [0.25, 0.3) is 5.91 Å². The van der Waals surface area contributed by atoms with E-state index in [1.807, 2.05) is 30.8 Å². The number of thioether (sulfide) groups is 1. The highest BCUT2D eigenvalue weighted by atomic mass is 32.2. The summed E-state index contributed by atoms with van der Waals surface area (Å²) >= 11 is 1.99. The third kappa shape index (κ3) is 5.11. The van der Waals surface area contributed by atoms with Crippen LogP contribution < -0.4 is 5.32 Å². The molecule has 1 aliphatic rings. The van der Waals surface area contributed by atoms with E-state index < -0.39 is 0 Å². The average molecular weight is 303 g/mol. The van der Waals surface area contributed by atoms with E-state index in [2.05, 4.69) is 17.2 Å². The predicted octanol–water partition coefficient (Wildman–Crippen LogP) is 2.21. The largest absolute Gasteiger partial charge is 0.384 e. The number of amides is 1. The number of carbonyl (C=O) groups is 1. The first-order chi connectivity index (χ1) is 10.2. The van der Waals surface area contributed by atoms with Gasteiger partial charge in [-0.1, -0.05) is 11.8 Å². The normalized spacial score (nSPS) is 15.1. The van der Waals surface area contributed by atoms with Gasteiger partial charge in [-0.05, 0) is 61.0 Å². The number of rotatable bonds is 3. The molecule has 0 bridgehead atoms. The second-order valence-corrected chi connectivity index (χ2v) is 6.54. The Morgan fingerprint density at radius 3 is 2.86 bits per heavy atom. The van der Waals surface area contributed by atoms with Crippen molar-refractivity contribution in [1.29, 1.82) is 0 Å². The van der Waals surface area contributed by atoms with Crippen molar-refractivity contribution in [1.82, 2.24) is 5.32 Å². The van der Waals surface area contributed by atoms with Crippen molar-refractivity contribution in [2.75, 3.05) is 24.7 Å². The van der Waals surface area contributed by atoms with E-state index in [4.69, 9.17) is 5.11 Å². The molecule has 112 valence electrons. The Hall–Kier alpha value is -1.44. The van der Waals surface area contributed by atoms with E-state index in [9.17, 15) is 4.79 Å². The molecule has 0 spiro atoms. The Labute approximate surface area is 130 Å². The predicted molar refractivity (Wildman–Crippen MR) is 87.5 cm³/mol. The Morgan fingerprint density at radius 1 is 1.38 bits per heavy atom. The Bertz CT molecular complexity index is 554. The van der Waals surface area contributed by atoms with E-state index in [1.54, 1.807) is 6.07 Å². The van der Waals surface area contributed by atoms with Crippen LogP contribution in [0.4, 0.5) is 0 Å². The van der Waals surface area contributed by atoms with Gasteiger partial charge in [-0.3, -0.25) is 4.79 Å². The Balaban J connectivity index is 1.99. The van der Waals surface area contributed by atoms with Gasteiger partial charge in [-0.25, -0.2) is 0 Å². The zero-order valence-electron chi connectivity index (χ0n) is 12.3. The molecular formula is C17H21NO2S. The molecule has 1 fully saturated rings. The summed E-state index contributed by atoms with van der Waals surface area (Å²) < 4.78 is 0. The summed E-state index contributed by atoms with van der Waals surface area (Å²) in [5.41, 5.74) is 2.41. The average Bonchev–Trinajstić information content (AvgIpc) is 2.51. The van der Waals surface area contributed by atoms with Crippen molar-refractivity contribution < 1.29 is 9.90 Å². The van der Waals surface area contributed by atoms with Crippen LogP contribution in [0.5, 0.6) is 0 Å². The maximum absolute atomic E-state index is 12.3. The van der Waals surface area contributed by atoms with E-state index >= 15 is 0 Å². The second-order valence-electron chi connectivity index (χ2n) is 5.31. The van der Waals surface area contributed by atoms with Crippen molar-refractivity contribution in [2.45, 2.75) is 19.8 Å². The zero-order valence-corrected chi connectivity index (χ0v) is 13.1. The molecule has 1 aromatic rings. The molecule has 21 heavy (non-hydrogen) atoms. The molecule has 2 rings (SSSR count). The molecule has 1 heterocycles. The van der Waals surface area contributed by atoms with Crippen molar-refractivity contribution in [3.63, 3.8) is 0 Å². The molecule has 1 saturated heterocycles. The number of aryl methyl sites for hydroxylation is 1. The summed E-state index contributed by atoms with van der Waals surface area (Å²) in [6, 6.07) is 5.57. The molecule has 1 amide bonds. The highest BCUT2D eigenvalue weighted by molar-refractivity contribution is 7.99.